The number of alkyl halides is 1. The molecule has 0 radical (unpaired) electrons. The lowest BCUT2D eigenvalue weighted by molar-refractivity contribution is 0.184. The average molecular weight is 215 g/mol. The fraction of sp³-hybridized carbons (Fsp3) is 0.455. The minimum absolute atomic E-state index is 0.618. The summed E-state index contributed by atoms with van der Waals surface area (Å²) in [6.45, 7) is 1.28. The van der Waals surface area contributed by atoms with Gasteiger partial charge in [-0.2, -0.15) is 0 Å². The molecule has 0 amide bonds. The van der Waals surface area contributed by atoms with E-state index in [4.69, 9.17) is 21.1 Å². The highest BCUT2D eigenvalue weighted by molar-refractivity contribution is 6.17. The van der Waals surface area contributed by atoms with E-state index in [0.717, 1.165) is 17.7 Å². The molecule has 0 aromatic heterocycles. The molecular formula is C11H15ClO2. The van der Waals surface area contributed by atoms with Crippen molar-refractivity contribution in [3.8, 4) is 5.75 Å². The third-order valence-electron chi connectivity index (χ3n) is 1.76. The van der Waals surface area contributed by atoms with Gasteiger partial charge in [-0.05, 0) is 24.1 Å². The van der Waals surface area contributed by atoms with E-state index in [9.17, 15) is 0 Å². The SMILES string of the molecule is COCc1cccc(OCCCCl)c1. The lowest BCUT2D eigenvalue weighted by Crippen LogP contribution is -1.98. The molecule has 14 heavy (non-hydrogen) atoms. The second-order valence-corrected chi connectivity index (χ2v) is 3.35. The largest absolute Gasteiger partial charge is 0.494 e. The third kappa shape index (κ3) is 3.99. The van der Waals surface area contributed by atoms with E-state index in [1.807, 2.05) is 24.3 Å². The van der Waals surface area contributed by atoms with Crippen molar-refractivity contribution >= 4 is 11.6 Å². The molecular weight excluding hydrogens is 200 g/mol. The zero-order valence-corrected chi connectivity index (χ0v) is 9.09. The highest BCUT2D eigenvalue weighted by atomic mass is 35.5. The van der Waals surface area contributed by atoms with Crippen LogP contribution in [-0.2, 0) is 11.3 Å². The molecule has 1 aromatic carbocycles. The van der Waals surface area contributed by atoms with E-state index in [2.05, 4.69) is 0 Å². The molecule has 1 aromatic rings. The molecule has 0 saturated carbocycles. The van der Waals surface area contributed by atoms with Crippen molar-refractivity contribution in [1.29, 1.82) is 0 Å². The number of hydrogen-bond acceptors (Lipinski definition) is 2. The molecule has 0 atom stereocenters. The lowest BCUT2D eigenvalue weighted by atomic mass is 10.2. The van der Waals surface area contributed by atoms with Gasteiger partial charge in [0.2, 0.25) is 0 Å². The van der Waals surface area contributed by atoms with Gasteiger partial charge in [0.05, 0.1) is 13.2 Å². The summed E-state index contributed by atoms with van der Waals surface area (Å²) in [4.78, 5) is 0. The molecule has 0 aliphatic heterocycles. The number of rotatable bonds is 6. The predicted octanol–water partition coefficient (Wildman–Crippen LogP) is 2.84. The maximum atomic E-state index is 5.55. The molecule has 0 aliphatic rings. The fourth-order valence-corrected chi connectivity index (χ4v) is 1.25. The molecule has 0 N–H and O–H groups in total. The van der Waals surface area contributed by atoms with E-state index < -0.39 is 0 Å². The minimum Gasteiger partial charge on any atom is -0.494 e. The molecule has 78 valence electrons. The lowest BCUT2D eigenvalue weighted by Gasteiger charge is -2.06. The Bertz CT molecular complexity index is 263. The van der Waals surface area contributed by atoms with Crippen LogP contribution in [-0.4, -0.2) is 19.6 Å². The third-order valence-corrected chi connectivity index (χ3v) is 2.02. The molecule has 1 rings (SSSR count). The maximum absolute atomic E-state index is 5.55. The first-order valence-corrected chi connectivity index (χ1v) is 5.17. The topological polar surface area (TPSA) is 18.5 Å². The number of methoxy groups -OCH3 is 1. The number of halogens is 1. The van der Waals surface area contributed by atoms with Crippen LogP contribution in [0.5, 0.6) is 5.75 Å². The molecule has 0 saturated heterocycles. The monoisotopic (exact) mass is 214 g/mol. The Morgan fingerprint density at radius 1 is 1.36 bits per heavy atom. The Labute approximate surface area is 89.8 Å². The highest BCUT2D eigenvalue weighted by Gasteiger charge is 1.96. The number of ether oxygens (including phenoxy) is 2. The Morgan fingerprint density at radius 2 is 2.21 bits per heavy atom. The van der Waals surface area contributed by atoms with E-state index in [-0.39, 0.29) is 0 Å². The van der Waals surface area contributed by atoms with Crippen LogP contribution in [0.15, 0.2) is 24.3 Å². The van der Waals surface area contributed by atoms with Gasteiger partial charge in [0.1, 0.15) is 5.75 Å². The second kappa shape index (κ2) is 6.68. The predicted molar refractivity (Wildman–Crippen MR) is 58.0 cm³/mol. The van der Waals surface area contributed by atoms with Crippen molar-refractivity contribution in [3.05, 3.63) is 29.8 Å². The Kier molecular flexibility index (Phi) is 5.42. The first kappa shape index (κ1) is 11.3. The van der Waals surface area contributed by atoms with Crippen molar-refractivity contribution in [2.45, 2.75) is 13.0 Å². The zero-order valence-electron chi connectivity index (χ0n) is 8.33. The van der Waals surface area contributed by atoms with Gasteiger partial charge in [-0.1, -0.05) is 12.1 Å². The molecule has 0 bridgehead atoms. The number of hydrogen-bond donors (Lipinski definition) is 0. The smallest absolute Gasteiger partial charge is 0.119 e. The van der Waals surface area contributed by atoms with Gasteiger partial charge in [0, 0.05) is 13.0 Å². The highest BCUT2D eigenvalue weighted by Crippen LogP contribution is 2.14. The van der Waals surface area contributed by atoms with Gasteiger partial charge in [-0.15, -0.1) is 11.6 Å². The Balaban J connectivity index is 2.46. The summed E-state index contributed by atoms with van der Waals surface area (Å²) in [5, 5.41) is 0. The van der Waals surface area contributed by atoms with E-state index >= 15 is 0 Å². The zero-order chi connectivity index (χ0) is 10.2. The van der Waals surface area contributed by atoms with Crippen molar-refractivity contribution in [2.75, 3.05) is 19.6 Å². The molecule has 0 spiro atoms. The van der Waals surface area contributed by atoms with Gasteiger partial charge < -0.3 is 9.47 Å². The van der Waals surface area contributed by atoms with Gasteiger partial charge in [0.15, 0.2) is 0 Å². The van der Waals surface area contributed by atoms with Crippen LogP contribution in [0.4, 0.5) is 0 Å². The molecule has 0 unspecified atom stereocenters. The van der Waals surface area contributed by atoms with Gasteiger partial charge >= 0.3 is 0 Å². The quantitative estimate of drug-likeness (QED) is 0.536. The van der Waals surface area contributed by atoms with Crippen molar-refractivity contribution in [3.63, 3.8) is 0 Å². The van der Waals surface area contributed by atoms with E-state index in [0.29, 0.717) is 19.1 Å². The first-order valence-electron chi connectivity index (χ1n) is 4.63. The van der Waals surface area contributed by atoms with Crippen LogP contribution in [0, 0.1) is 0 Å². The Morgan fingerprint density at radius 3 is 2.93 bits per heavy atom. The summed E-state index contributed by atoms with van der Waals surface area (Å²) in [5.74, 6) is 1.52. The Hall–Kier alpha value is -0.730. The van der Waals surface area contributed by atoms with Gasteiger partial charge in [0.25, 0.3) is 0 Å². The van der Waals surface area contributed by atoms with Crippen LogP contribution < -0.4 is 4.74 Å². The van der Waals surface area contributed by atoms with Crippen LogP contribution in [0.3, 0.4) is 0 Å². The van der Waals surface area contributed by atoms with Gasteiger partial charge in [-0.25, -0.2) is 0 Å². The summed E-state index contributed by atoms with van der Waals surface area (Å²) in [5.41, 5.74) is 1.12. The second-order valence-electron chi connectivity index (χ2n) is 2.97. The molecule has 3 heteroatoms. The maximum Gasteiger partial charge on any atom is 0.119 e. The molecule has 0 aliphatic carbocycles. The fourth-order valence-electron chi connectivity index (χ4n) is 1.14. The normalized spacial score (nSPS) is 10.1. The molecule has 2 nitrogen and oxygen atoms in total. The summed E-state index contributed by atoms with van der Waals surface area (Å²) in [6, 6.07) is 7.90. The van der Waals surface area contributed by atoms with E-state index in [1.54, 1.807) is 7.11 Å². The van der Waals surface area contributed by atoms with Crippen LogP contribution in [0.1, 0.15) is 12.0 Å². The summed E-state index contributed by atoms with van der Waals surface area (Å²) < 4.78 is 10.5. The van der Waals surface area contributed by atoms with E-state index in [1.165, 1.54) is 0 Å². The van der Waals surface area contributed by atoms with Crippen LogP contribution in [0.2, 0.25) is 0 Å². The van der Waals surface area contributed by atoms with Crippen molar-refractivity contribution in [2.24, 2.45) is 0 Å². The average Bonchev–Trinajstić information content (AvgIpc) is 2.19. The molecule has 0 heterocycles. The molecule has 0 fully saturated rings. The summed E-state index contributed by atoms with van der Waals surface area (Å²) in [7, 11) is 1.68. The summed E-state index contributed by atoms with van der Waals surface area (Å²) in [6.07, 6.45) is 0.871. The van der Waals surface area contributed by atoms with Crippen molar-refractivity contribution in [1.82, 2.24) is 0 Å². The standard InChI is InChI=1S/C11H15ClO2/c1-13-9-10-4-2-5-11(8-10)14-7-3-6-12/h2,4-5,8H,3,6-7,9H2,1H3. The van der Waals surface area contributed by atoms with Crippen LogP contribution >= 0.6 is 11.6 Å². The summed E-state index contributed by atoms with van der Waals surface area (Å²) >= 11 is 5.55. The van der Waals surface area contributed by atoms with Crippen LogP contribution in [0.25, 0.3) is 0 Å². The first-order chi connectivity index (χ1) is 6.86. The minimum atomic E-state index is 0.618. The van der Waals surface area contributed by atoms with Crippen molar-refractivity contribution < 1.29 is 9.47 Å². The number of benzene rings is 1. The van der Waals surface area contributed by atoms with Gasteiger partial charge in [-0.3, -0.25) is 0 Å².